The Labute approximate surface area is 135 Å². The minimum Gasteiger partial charge on any atom is -0.338 e. The van der Waals surface area contributed by atoms with Crippen molar-refractivity contribution >= 4 is 29.2 Å². The van der Waals surface area contributed by atoms with E-state index in [1.165, 1.54) is 17.5 Å². The second kappa shape index (κ2) is 6.28. The molecule has 0 radical (unpaired) electrons. The van der Waals surface area contributed by atoms with Gasteiger partial charge in [0.15, 0.2) is 12.1 Å². The third kappa shape index (κ3) is 3.28. The van der Waals surface area contributed by atoms with Gasteiger partial charge in [-0.1, -0.05) is 31.5 Å². The molecule has 23 heavy (non-hydrogen) atoms. The first-order valence-electron chi connectivity index (χ1n) is 7.80. The summed E-state index contributed by atoms with van der Waals surface area (Å²) in [6.07, 6.45) is 3.76. The van der Waals surface area contributed by atoms with Gasteiger partial charge in [-0.25, -0.2) is 15.0 Å². The van der Waals surface area contributed by atoms with Crippen LogP contribution in [-0.4, -0.2) is 22.0 Å². The van der Waals surface area contributed by atoms with Gasteiger partial charge in [0, 0.05) is 12.1 Å². The fourth-order valence-corrected chi connectivity index (χ4v) is 2.76. The Morgan fingerprint density at radius 3 is 2.87 bits per heavy atom. The number of carbonyl (C=O) groups is 1. The summed E-state index contributed by atoms with van der Waals surface area (Å²) < 4.78 is 0. The van der Waals surface area contributed by atoms with Crippen molar-refractivity contribution in [1.29, 1.82) is 0 Å². The number of aromatic nitrogens is 2. The molecule has 1 aliphatic rings. The Morgan fingerprint density at radius 1 is 1.30 bits per heavy atom. The molecule has 1 aromatic heterocycles. The molecule has 0 amide bonds. The second-order valence-corrected chi connectivity index (χ2v) is 6.30. The molecular weight excluding hydrogens is 288 g/mol. The molecule has 118 valence electrons. The first-order valence-corrected chi connectivity index (χ1v) is 7.80. The summed E-state index contributed by atoms with van der Waals surface area (Å²) >= 11 is 0. The molecule has 0 aliphatic carbocycles. The van der Waals surface area contributed by atoms with Crippen molar-refractivity contribution in [3.8, 4) is 0 Å². The minimum atomic E-state index is 0.475. The van der Waals surface area contributed by atoms with E-state index < -0.39 is 0 Å². The van der Waals surface area contributed by atoms with E-state index in [4.69, 9.17) is 0 Å². The van der Waals surface area contributed by atoms with E-state index in [1.54, 1.807) is 0 Å². The Bertz CT molecular complexity index is 781. The van der Waals surface area contributed by atoms with Crippen LogP contribution >= 0.6 is 0 Å². The van der Waals surface area contributed by atoms with Crippen LogP contribution in [0.3, 0.4) is 0 Å². The Hall–Kier alpha value is -2.56. The maximum atomic E-state index is 11.0. The lowest BCUT2D eigenvalue weighted by molar-refractivity contribution is -0.102. The van der Waals surface area contributed by atoms with Gasteiger partial charge in [0.1, 0.15) is 12.0 Å². The van der Waals surface area contributed by atoms with Crippen LogP contribution < -0.4 is 5.32 Å². The SMILES string of the molecule is Cc1ccc(Nc2ncnc3c2N=C(C=O)C3)c(CC(C)C)c1. The predicted molar refractivity (Wildman–Crippen MR) is 91.9 cm³/mol. The molecular formula is C18H20N4O. The standard InChI is InChI=1S/C18H20N4O/c1-11(2)6-13-7-12(3)4-5-15(13)22-18-17-16(19-10-20-18)8-14(9-23)21-17/h4-5,7,9-11H,6,8H2,1-3H3,(H,19,20,22). The quantitative estimate of drug-likeness (QED) is 0.858. The first kappa shape index (κ1) is 15.3. The molecule has 5 heteroatoms. The van der Waals surface area contributed by atoms with Crippen LogP contribution in [-0.2, 0) is 17.6 Å². The van der Waals surface area contributed by atoms with Gasteiger partial charge in [-0.15, -0.1) is 0 Å². The lowest BCUT2D eigenvalue weighted by Crippen LogP contribution is -2.03. The van der Waals surface area contributed by atoms with E-state index >= 15 is 0 Å². The van der Waals surface area contributed by atoms with Crippen LogP contribution in [0.15, 0.2) is 29.5 Å². The molecule has 3 rings (SSSR count). The number of rotatable bonds is 5. The monoisotopic (exact) mass is 308 g/mol. The van der Waals surface area contributed by atoms with Crippen LogP contribution in [0.4, 0.5) is 17.2 Å². The summed E-state index contributed by atoms with van der Waals surface area (Å²) in [5.41, 5.74) is 5.48. The van der Waals surface area contributed by atoms with Gasteiger partial charge in [0.2, 0.25) is 0 Å². The third-order valence-corrected chi connectivity index (χ3v) is 3.78. The van der Waals surface area contributed by atoms with Crippen molar-refractivity contribution in [3.05, 3.63) is 41.3 Å². The number of aldehydes is 1. The highest BCUT2D eigenvalue weighted by Crippen LogP contribution is 2.34. The molecule has 0 saturated carbocycles. The van der Waals surface area contributed by atoms with Gasteiger partial charge in [0.25, 0.3) is 0 Å². The number of aryl methyl sites for hydroxylation is 1. The number of nitrogens with zero attached hydrogens (tertiary/aromatic N) is 3. The highest BCUT2D eigenvalue weighted by atomic mass is 16.1. The fourth-order valence-electron chi connectivity index (χ4n) is 2.76. The second-order valence-electron chi connectivity index (χ2n) is 6.30. The summed E-state index contributed by atoms with van der Waals surface area (Å²) in [4.78, 5) is 23.8. The Kier molecular flexibility index (Phi) is 4.19. The van der Waals surface area contributed by atoms with Crippen molar-refractivity contribution in [2.45, 2.75) is 33.6 Å². The largest absolute Gasteiger partial charge is 0.338 e. The molecule has 1 aromatic carbocycles. The van der Waals surface area contributed by atoms with Crippen molar-refractivity contribution in [1.82, 2.24) is 9.97 Å². The lowest BCUT2D eigenvalue weighted by atomic mass is 9.99. The number of nitrogens with one attached hydrogen (secondary N) is 1. The molecule has 1 aliphatic heterocycles. The van der Waals surface area contributed by atoms with Gasteiger partial charge in [-0.2, -0.15) is 0 Å². The van der Waals surface area contributed by atoms with Gasteiger partial charge < -0.3 is 5.32 Å². The first-order chi connectivity index (χ1) is 11.1. The fraction of sp³-hybridized carbons (Fsp3) is 0.333. The molecule has 2 heterocycles. The van der Waals surface area contributed by atoms with Crippen molar-refractivity contribution < 1.29 is 4.79 Å². The van der Waals surface area contributed by atoms with Gasteiger partial charge in [-0.05, 0) is 30.9 Å². The van der Waals surface area contributed by atoms with Crippen molar-refractivity contribution in [3.63, 3.8) is 0 Å². The van der Waals surface area contributed by atoms with E-state index in [9.17, 15) is 4.79 Å². The normalized spacial score (nSPS) is 13.0. The van der Waals surface area contributed by atoms with Gasteiger partial charge in [-0.3, -0.25) is 4.79 Å². The number of aliphatic imine (C=N–C) groups is 1. The topological polar surface area (TPSA) is 67.2 Å². The van der Waals surface area contributed by atoms with Crippen LogP contribution in [0.25, 0.3) is 0 Å². The summed E-state index contributed by atoms with van der Waals surface area (Å²) in [5, 5.41) is 3.38. The molecule has 0 fully saturated rings. The summed E-state index contributed by atoms with van der Waals surface area (Å²) in [5.74, 6) is 1.22. The van der Waals surface area contributed by atoms with E-state index in [0.717, 1.165) is 24.1 Å². The zero-order chi connectivity index (χ0) is 16.4. The van der Waals surface area contributed by atoms with E-state index in [2.05, 4.69) is 59.2 Å². The molecule has 5 nitrogen and oxygen atoms in total. The van der Waals surface area contributed by atoms with Crippen molar-refractivity contribution in [2.75, 3.05) is 5.32 Å². The Morgan fingerprint density at radius 2 is 2.13 bits per heavy atom. The van der Waals surface area contributed by atoms with Crippen molar-refractivity contribution in [2.24, 2.45) is 10.9 Å². The molecule has 0 unspecified atom stereocenters. The van der Waals surface area contributed by atoms with Crippen LogP contribution in [0.2, 0.25) is 0 Å². The zero-order valence-electron chi connectivity index (χ0n) is 13.6. The zero-order valence-corrected chi connectivity index (χ0v) is 13.6. The van der Waals surface area contributed by atoms with Crippen LogP contribution in [0.1, 0.15) is 30.7 Å². The number of benzene rings is 1. The van der Waals surface area contributed by atoms with Gasteiger partial charge >= 0.3 is 0 Å². The van der Waals surface area contributed by atoms with Gasteiger partial charge in [0.05, 0.1) is 11.4 Å². The molecule has 2 aromatic rings. The van der Waals surface area contributed by atoms with E-state index in [0.29, 0.717) is 29.6 Å². The number of hydrogen-bond donors (Lipinski definition) is 1. The predicted octanol–water partition coefficient (Wildman–Crippen LogP) is 3.55. The highest BCUT2D eigenvalue weighted by Gasteiger charge is 2.20. The molecule has 0 bridgehead atoms. The van der Waals surface area contributed by atoms with Crippen LogP contribution in [0.5, 0.6) is 0 Å². The molecule has 0 atom stereocenters. The van der Waals surface area contributed by atoms with E-state index in [-0.39, 0.29) is 0 Å². The molecule has 1 N–H and O–H groups in total. The smallest absolute Gasteiger partial charge is 0.164 e. The third-order valence-electron chi connectivity index (χ3n) is 3.78. The number of carbonyl (C=O) groups excluding carboxylic acids is 1. The average Bonchev–Trinajstić information content (AvgIpc) is 2.93. The van der Waals surface area contributed by atoms with E-state index in [1.807, 2.05) is 0 Å². The summed E-state index contributed by atoms with van der Waals surface area (Å²) in [6.45, 7) is 6.50. The number of fused-ring (bicyclic) bond motifs is 1. The number of hydrogen-bond acceptors (Lipinski definition) is 5. The average molecular weight is 308 g/mol. The summed E-state index contributed by atoms with van der Waals surface area (Å²) in [7, 11) is 0. The Balaban J connectivity index is 1.96. The number of anilines is 2. The molecule has 0 saturated heterocycles. The maximum absolute atomic E-state index is 11.0. The minimum absolute atomic E-state index is 0.475. The lowest BCUT2D eigenvalue weighted by Gasteiger charge is -2.15. The highest BCUT2D eigenvalue weighted by molar-refractivity contribution is 6.31. The molecule has 0 spiro atoms. The van der Waals surface area contributed by atoms with Crippen LogP contribution in [0, 0.1) is 12.8 Å². The maximum Gasteiger partial charge on any atom is 0.164 e. The summed E-state index contributed by atoms with van der Waals surface area (Å²) in [6, 6.07) is 6.35.